The van der Waals surface area contributed by atoms with Crippen LogP contribution in [0.4, 0.5) is 0 Å². The second kappa shape index (κ2) is 4.15. The predicted molar refractivity (Wildman–Crippen MR) is 51.0 cm³/mol. The number of hydrogen-bond donors (Lipinski definition) is 0. The van der Waals surface area contributed by atoms with Gasteiger partial charge >= 0.3 is 0 Å². The number of rotatable bonds is 2. The first-order chi connectivity index (χ1) is 5.20. The molecule has 0 aromatic rings. The van der Waals surface area contributed by atoms with Crippen molar-refractivity contribution in [3.8, 4) is 0 Å². The van der Waals surface area contributed by atoms with Crippen molar-refractivity contribution < 1.29 is 0 Å². The number of hydrogen-bond acceptors (Lipinski definition) is 0. The van der Waals surface area contributed by atoms with Crippen LogP contribution >= 0.6 is 11.6 Å². The van der Waals surface area contributed by atoms with Crippen LogP contribution in [0.2, 0.25) is 0 Å². The third-order valence-electron chi connectivity index (χ3n) is 2.40. The molecule has 11 heavy (non-hydrogen) atoms. The summed E-state index contributed by atoms with van der Waals surface area (Å²) in [5, 5.41) is 0.450. The van der Waals surface area contributed by atoms with Gasteiger partial charge in [-0.25, -0.2) is 0 Å². The molecule has 1 heteroatoms. The molecule has 0 radical (unpaired) electrons. The van der Waals surface area contributed by atoms with Crippen LogP contribution in [0.3, 0.4) is 0 Å². The standard InChI is InChI=1S/C10H17Cl/c1-8(2)6-7-9-4-3-5-10(9)11/h6,9-10H,3-5,7H2,1-2H3. The van der Waals surface area contributed by atoms with Crippen LogP contribution in [0.25, 0.3) is 0 Å². The maximum Gasteiger partial charge on any atom is 0.0367 e. The van der Waals surface area contributed by atoms with Crippen molar-refractivity contribution in [2.24, 2.45) is 5.92 Å². The fourth-order valence-corrected chi connectivity index (χ4v) is 2.03. The fourth-order valence-electron chi connectivity index (χ4n) is 1.64. The molecule has 64 valence electrons. The van der Waals surface area contributed by atoms with Crippen LogP contribution in [-0.4, -0.2) is 5.38 Å². The van der Waals surface area contributed by atoms with E-state index >= 15 is 0 Å². The number of halogens is 1. The topological polar surface area (TPSA) is 0 Å². The molecule has 0 aromatic carbocycles. The molecule has 1 saturated carbocycles. The Morgan fingerprint density at radius 1 is 1.45 bits per heavy atom. The van der Waals surface area contributed by atoms with Crippen molar-refractivity contribution in [3.63, 3.8) is 0 Å². The Bertz CT molecular complexity index is 145. The average Bonchev–Trinajstić information content (AvgIpc) is 2.31. The molecule has 2 unspecified atom stereocenters. The molecular weight excluding hydrogens is 156 g/mol. The van der Waals surface area contributed by atoms with Crippen LogP contribution < -0.4 is 0 Å². The molecule has 1 aliphatic rings. The lowest BCUT2D eigenvalue weighted by Gasteiger charge is -2.10. The zero-order valence-electron chi connectivity index (χ0n) is 7.44. The van der Waals surface area contributed by atoms with Crippen LogP contribution in [0.5, 0.6) is 0 Å². The SMILES string of the molecule is CC(C)=CCC1CCCC1Cl. The van der Waals surface area contributed by atoms with Gasteiger partial charge in [0.1, 0.15) is 0 Å². The van der Waals surface area contributed by atoms with E-state index in [0.717, 1.165) is 5.92 Å². The predicted octanol–water partition coefficient (Wildman–Crippen LogP) is 3.75. The van der Waals surface area contributed by atoms with E-state index in [1.807, 2.05) is 0 Å². The average molecular weight is 173 g/mol. The largest absolute Gasteiger partial charge is 0.123 e. The molecule has 0 bridgehead atoms. The normalized spacial score (nSPS) is 30.5. The monoisotopic (exact) mass is 172 g/mol. The highest BCUT2D eigenvalue weighted by molar-refractivity contribution is 6.20. The van der Waals surface area contributed by atoms with Crippen LogP contribution in [-0.2, 0) is 0 Å². The Morgan fingerprint density at radius 2 is 2.18 bits per heavy atom. The summed E-state index contributed by atoms with van der Waals surface area (Å²) in [5.41, 5.74) is 1.42. The fraction of sp³-hybridized carbons (Fsp3) is 0.800. The lowest BCUT2D eigenvalue weighted by molar-refractivity contribution is 0.563. The summed E-state index contributed by atoms with van der Waals surface area (Å²) in [7, 11) is 0. The van der Waals surface area contributed by atoms with Gasteiger partial charge in [-0.05, 0) is 39.0 Å². The van der Waals surface area contributed by atoms with Gasteiger partial charge in [0.05, 0.1) is 0 Å². The van der Waals surface area contributed by atoms with E-state index in [0.29, 0.717) is 5.38 Å². The van der Waals surface area contributed by atoms with Gasteiger partial charge in [0.2, 0.25) is 0 Å². The summed E-state index contributed by atoms with van der Waals surface area (Å²) in [6.07, 6.45) is 7.39. The molecular formula is C10H17Cl. The Hall–Kier alpha value is 0.0300. The van der Waals surface area contributed by atoms with E-state index in [2.05, 4.69) is 19.9 Å². The smallest absolute Gasteiger partial charge is 0.0367 e. The van der Waals surface area contributed by atoms with Gasteiger partial charge in [0.15, 0.2) is 0 Å². The highest BCUT2D eigenvalue weighted by Crippen LogP contribution is 2.32. The molecule has 1 rings (SSSR count). The van der Waals surface area contributed by atoms with E-state index in [9.17, 15) is 0 Å². The van der Waals surface area contributed by atoms with Gasteiger partial charge in [-0.15, -0.1) is 11.6 Å². The van der Waals surface area contributed by atoms with Crippen molar-refractivity contribution in [1.29, 1.82) is 0 Å². The van der Waals surface area contributed by atoms with E-state index in [-0.39, 0.29) is 0 Å². The van der Waals surface area contributed by atoms with Crippen molar-refractivity contribution >= 4 is 11.6 Å². The lowest BCUT2D eigenvalue weighted by atomic mass is 10.0. The van der Waals surface area contributed by atoms with Crippen molar-refractivity contribution in [2.45, 2.75) is 44.9 Å². The first kappa shape index (κ1) is 9.12. The summed E-state index contributed by atoms with van der Waals surface area (Å²) < 4.78 is 0. The van der Waals surface area contributed by atoms with Gasteiger partial charge in [0.25, 0.3) is 0 Å². The molecule has 0 N–H and O–H groups in total. The summed E-state index contributed by atoms with van der Waals surface area (Å²) in [4.78, 5) is 0. The highest BCUT2D eigenvalue weighted by Gasteiger charge is 2.23. The zero-order chi connectivity index (χ0) is 8.27. The summed E-state index contributed by atoms with van der Waals surface area (Å²) in [6, 6.07) is 0. The Labute approximate surface area is 74.6 Å². The molecule has 0 spiro atoms. The minimum absolute atomic E-state index is 0.450. The molecule has 0 aliphatic heterocycles. The summed E-state index contributed by atoms with van der Waals surface area (Å²) in [6.45, 7) is 4.30. The molecule has 0 nitrogen and oxygen atoms in total. The second-order valence-electron chi connectivity index (χ2n) is 3.72. The Balaban J connectivity index is 2.31. The van der Waals surface area contributed by atoms with Crippen LogP contribution in [0.1, 0.15) is 39.5 Å². The maximum absolute atomic E-state index is 6.13. The molecule has 0 heterocycles. The molecule has 1 fully saturated rings. The van der Waals surface area contributed by atoms with E-state index in [4.69, 9.17) is 11.6 Å². The quantitative estimate of drug-likeness (QED) is 0.440. The molecule has 2 atom stereocenters. The molecule has 0 aromatic heterocycles. The lowest BCUT2D eigenvalue weighted by Crippen LogP contribution is -2.05. The summed E-state index contributed by atoms with van der Waals surface area (Å²) >= 11 is 6.13. The first-order valence-electron chi connectivity index (χ1n) is 4.47. The van der Waals surface area contributed by atoms with Gasteiger partial charge in [-0.1, -0.05) is 18.1 Å². The minimum Gasteiger partial charge on any atom is -0.123 e. The Kier molecular flexibility index (Phi) is 3.45. The number of alkyl halides is 1. The molecule has 0 amide bonds. The van der Waals surface area contributed by atoms with Gasteiger partial charge in [0, 0.05) is 5.38 Å². The molecule has 0 saturated heterocycles. The van der Waals surface area contributed by atoms with Gasteiger partial charge in [-0.3, -0.25) is 0 Å². The van der Waals surface area contributed by atoms with E-state index < -0.39 is 0 Å². The van der Waals surface area contributed by atoms with Crippen molar-refractivity contribution in [3.05, 3.63) is 11.6 Å². The van der Waals surface area contributed by atoms with Crippen LogP contribution in [0, 0.1) is 5.92 Å². The van der Waals surface area contributed by atoms with Crippen LogP contribution in [0.15, 0.2) is 11.6 Å². The van der Waals surface area contributed by atoms with Crippen molar-refractivity contribution in [2.75, 3.05) is 0 Å². The van der Waals surface area contributed by atoms with Gasteiger partial charge in [-0.2, -0.15) is 0 Å². The third kappa shape index (κ3) is 2.86. The van der Waals surface area contributed by atoms with E-state index in [1.54, 1.807) is 0 Å². The third-order valence-corrected chi connectivity index (χ3v) is 2.97. The highest BCUT2D eigenvalue weighted by atomic mass is 35.5. The second-order valence-corrected chi connectivity index (χ2v) is 4.28. The maximum atomic E-state index is 6.13. The number of allylic oxidation sites excluding steroid dienone is 2. The zero-order valence-corrected chi connectivity index (χ0v) is 8.19. The first-order valence-corrected chi connectivity index (χ1v) is 4.91. The van der Waals surface area contributed by atoms with Crippen molar-refractivity contribution in [1.82, 2.24) is 0 Å². The molecule has 1 aliphatic carbocycles. The van der Waals surface area contributed by atoms with Gasteiger partial charge < -0.3 is 0 Å². The summed E-state index contributed by atoms with van der Waals surface area (Å²) in [5.74, 6) is 0.756. The Morgan fingerprint density at radius 3 is 2.64 bits per heavy atom. The minimum atomic E-state index is 0.450. The van der Waals surface area contributed by atoms with E-state index in [1.165, 1.54) is 31.3 Å².